The lowest BCUT2D eigenvalue weighted by atomic mass is 9.81. The van der Waals surface area contributed by atoms with Gasteiger partial charge in [0.15, 0.2) is 0 Å². The Labute approximate surface area is 153 Å². The number of rotatable bonds is 6. The Morgan fingerprint density at radius 1 is 1.19 bits per heavy atom. The van der Waals surface area contributed by atoms with Crippen LogP contribution in [0.5, 0.6) is 0 Å². The molecule has 1 saturated carbocycles. The smallest absolute Gasteiger partial charge is 0.149 e. The van der Waals surface area contributed by atoms with Crippen molar-refractivity contribution in [3.05, 3.63) is 60.1 Å². The van der Waals surface area contributed by atoms with Crippen molar-refractivity contribution in [1.82, 2.24) is 19.7 Å². The summed E-state index contributed by atoms with van der Waals surface area (Å²) in [6.07, 6.45) is 13.8. The lowest BCUT2D eigenvalue weighted by Crippen LogP contribution is -2.14. The van der Waals surface area contributed by atoms with E-state index in [0.29, 0.717) is 17.2 Å². The Bertz CT molecular complexity index is 899. The Balaban J connectivity index is 1.56. The molecule has 5 heteroatoms. The van der Waals surface area contributed by atoms with Gasteiger partial charge in [-0.25, -0.2) is 9.07 Å². The van der Waals surface area contributed by atoms with Crippen molar-refractivity contribution in [2.45, 2.75) is 45.4 Å². The molecule has 134 valence electrons. The summed E-state index contributed by atoms with van der Waals surface area (Å²) in [6, 6.07) is 5.55. The molecule has 1 fully saturated rings. The summed E-state index contributed by atoms with van der Waals surface area (Å²) in [4.78, 5) is 8.74. The van der Waals surface area contributed by atoms with Gasteiger partial charge >= 0.3 is 0 Å². The third-order valence-electron chi connectivity index (χ3n) is 5.07. The average molecular weight is 350 g/mol. The second-order valence-corrected chi connectivity index (χ2v) is 7.10. The molecular weight excluding hydrogens is 327 g/mol. The van der Waals surface area contributed by atoms with E-state index in [4.69, 9.17) is 0 Å². The Hall–Kier alpha value is -2.56. The van der Waals surface area contributed by atoms with Crippen molar-refractivity contribution < 1.29 is 4.39 Å². The van der Waals surface area contributed by atoms with Gasteiger partial charge in [0.2, 0.25) is 0 Å². The molecule has 0 radical (unpaired) electrons. The molecule has 3 aromatic heterocycles. The van der Waals surface area contributed by atoms with E-state index in [2.05, 4.69) is 22.0 Å². The summed E-state index contributed by atoms with van der Waals surface area (Å²) >= 11 is 0. The van der Waals surface area contributed by atoms with Gasteiger partial charge in [-0.3, -0.25) is 9.97 Å². The molecule has 0 aromatic carbocycles. The molecule has 0 amide bonds. The lowest BCUT2D eigenvalue weighted by Gasteiger charge is -2.25. The van der Waals surface area contributed by atoms with E-state index in [9.17, 15) is 4.39 Å². The van der Waals surface area contributed by atoms with Gasteiger partial charge < -0.3 is 0 Å². The van der Waals surface area contributed by atoms with Crippen molar-refractivity contribution >= 4 is 0 Å². The molecule has 4 rings (SSSR count). The highest BCUT2D eigenvalue weighted by atomic mass is 19.1. The Morgan fingerprint density at radius 2 is 2.08 bits per heavy atom. The van der Waals surface area contributed by atoms with Crippen molar-refractivity contribution in [3.8, 4) is 16.9 Å². The monoisotopic (exact) mass is 350 g/mol. The summed E-state index contributed by atoms with van der Waals surface area (Å²) in [5.41, 5.74) is 3.99. The predicted molar refractivity (Wildman–Crippen MR) is 99.6 cm³/mol. The SMILES string of the molecule is CCCc1cc(-n2cc(-c3ncc(CC4CCC4)cc3F)cn2)ccn1. The number of aryl methyl sites for hydroxylation is 1. The average Bonchev–Trinajstić information content (AvgIpc) is 3.09. The van der Waals surface area contributed by atoms with Crippen molar-refractivity contribution in [3.63, 3.8) is 0 Å². The first-order valence-corrected chi connectivity index (χ1v) is 9.37. The summed E-state index contributed by atoms with van der Waals surface area (Å²) < 4.78 is 16.3. The van der Waals surface area contributed by atoms with Crippen LogP contribution in [0.2, 0.25) is 0 Å². The van der Waals surface area contributed by atoms with Gasteiger partial charge in [0, 0.05) is 29.8 Å². The number of hydrogen-bond acceptors (Lipinski definition) is 3. The Kier molecular flexibility index (Phi) is 4.78. The van der Waals surface area contributed by atoms with Gasteiger partial charge in [-0.2, -0.15) is 5.10 Å². The fourth-order valence-corrected chi connectivity index (χ4v) is 3.42. The summed E-state index contributed by atoms with van der Waals surface area (Å²) in [7, 11) is 0. The minimum Gasteiger partial charge on any atom is -0.261 e. The third-order valence-corrected chi connectivity index (χ3v) is 5.07. The van der Waals surface area contributed by atoms with Crippen LogP contribution in [0.25, 0.3) is 16.9 Å². The van der Waals surface area contributed by atoms with E-state index in [1.54, 1.807) is 29.3 Å². The number of halogens is 1. The fourth-order valence-electron chi connectivity index (χ4n) is 3.42. The highest BCUT2D eigenvalue weighted by Gasteiger charge is 2.19. The van der Waals surface area contributed by atoms with Gasteiger partial charge in [-0.05, 0) is 42.5 Å². The maximum Gasteiger partial charge on any atom is 0.149 e. The van der Waals surface area contributed by atoms with Gasteiger partial charge in [0.05, 0.1) is 11.9 Å². The molecule has 0 unspecified atom stereocenters. The zero-order chi connectivity index (χ0) is 17.9. The second-order valence-electron chi connectivity index (χ2n) is 7.10. The second kappa shape index (κ2) is 7.36. The van der Waals surface area contributed by atoms with Crippen LogP contribution >= 0.6 is 0 Å². The van der Waals surface area contributed by atoms with Crippen LogP contribution in [-0.2, 0) is 12.8 Å². The zero-order valence-corrected chi connectivity index (χ0v) is 15.0. The lowest BCUT2D eigenvalue weighted by molar-refractivity contribution is 0.314. The van der Waals surface area contributed by atoms with E-state index in [0.717, 1.165) is 36.2 Å². The first-order valence-electron chi connectivity index (χ1n) is 9.37. The summed E-state index contributed by atoms with van der Waals surface area (Å²) in [6.45, 7) is 2.13. The molecule has 0 saturated heterocycles. The minimum atomic E-state index is -0.275. The molecule has 1 aliphatic rings. The predicted octanol–water partition coefficient (Wildman–Crippen LogP) is 4.76. The topological polar surface area (TPSA) is 43.6 Å². The van der Waals surface area contributed by atoms with Gasteiger partial charge in [0.1, 0.15) is 11.5 Å². The van der Waals surface area contributed by atoms with E-state index in [-0.39, 0.29) is 5.82 Å². The fraction of sp³-hybridized carbons (Fsp3) is 0.381. The minimum absolute atomic E-state index is 0.275. The van der Waals surface area contributed by atoms with Crippen molar-refractivity contribution in [2.24, 2.45) is 5.92 Å². The van der Waals surface area contributed by atoms with Crippen LogP contribution < -0.4 is 0 Å². The molecule has 0 aliphatic heterocycles. The Morgan fingerprint density at radius 3 is 2.81 bits per heavy atom. The molecule has 0 spiro atoms. The number of nitrogens with zero attached hydrogens (tertiary/aromatic N) is 4. The van der Waals surface area contributed by atoms with Crippen LogP contribution in [0.1, 0.15) is 43.9 Å². The van der Waals surface area contributed by atoms with Crippen LogP contribution in [0, 0.1) is 11.7 Å². The molecule has 0 bridgehead atoms. The molecule has 26 heavy (non-hydrogen) atoms. The third kappa shape index (κ3) is 3.52. The van der Waals surface area contributed by atoms with Crippen LogP contribution in [0.3, 0.4) is 0 Å². The number of aromatic nitrogens is 4. The quantitative estimate of drug-likeness (QED) is 0.643. The first kappa shape index (κ1) is 16.9. The van der Waals surface area contributed by atoms with Gasteiger partial charge in [-0.1, -0.05) is 32.6 Å². The molecule has 0 atom stereocenters. The molecule has 0 N–H and O–H groups in total. The molecule has 3 heterocycles. The van der Waals surface area contributed by atoms with Gasteiger partial charge in [0.25, 0.3) is 0 Å². The van der Waals surface area contributed by atoms with E-state index < -0.39 is 0 Å². The van der Waals surface area contributed by atoms with Crippen molar-refractivity contribution in [1.29, 1.82) is 0 Å². The standard InChI is InChI=1S/C21H23FN4/c1-2-4-18-11-19(7-8-23-18)26-14-17(13-25-26)21-20(22)10-16(12-24-21)9-15-5-3-6-15/h7-8,10-15H,2-6,9H2,1H3. The van der Waals surface area contributed by atoms with E-state index >= 15 is 0 Å². The van der Waals surface area contributed by atoms with Crippen LogP contribution in [0.4, 0.5) is 4.39 Å². The molecule has 4 nitrogen and oxygen atoms in total. The molecule has 3 aromatic rings. The highest BCUT2D eigenvalue weighted by Crippen LogP contribution is 2.30. The summed E-state index contributed by atoms with van der Waals surface area (Å²) in [5.74, 6) is 0.427. The molecular formula is C21H23FN4. The van der Waals surface area contributed by atoms with Crippen LogP contribution in [-0.4, -0.2) is 19.7 Å². The maximum absolute atomic E-state index is 14.6. The maximum atomic E-state index is 14.6. The number of hydrogen-bond donors (Lipinski definition) is 0. The highest BCUT2D eigenvalue weighted by molar-refractivity contribution is 5.58. The van der Waals surface area contributed by atoms with E-state index in [1.165, 1.54) is 19.3 Å². The summed E-state index contributed by atoms with van der Waals surface area (Å²) in [5, 5.41) is 4.38. The van der Waals surface area contributed by atoms with Crippen molar-refractivity contribution in [2.75, 3.05) is 0 Å². The normalized spacial score (nSPS) is 14.4. The molecule has 1 aliphatic carbocycles. The van der Waals surface area contributed by atoms with Gasteiger partial charge in [-0.15, -0.1) is 0 Å². The first-order chi connectivity index (χ1) is 12.7. The largest absolute Gasteiger partial charge is 0.261 e. The van der Waals surface area contributed by atoms with E-state index in [1.807, 2.05) is 18.3 Å². The number of pyridine rings is 2. The zero-order valence-electron chi connectivity index (χ0n) is 15.0. The van der Waals surface area contributed by atoms with Crippen LogP contribution in [0.15, 0.2) is 43.0 Å².